The van der Waals surface area contributed by atoms with E-state index in [1.807, 2.05) is 24.3 Å². The highest BCUT2D eigenvalue weighted by Crippen LogP contribution is 2.29. The number of anilines is 2. The Hall–Kier alpha value is -2.16. The minimum absolute atomic E-state index is 0.218. The molecule has 110 valence electrons. The number of nitrogen functional groups attached to an aromatic ring is 1. The second-order valence-electron chi connectivity index (χ2n) is 5.59. The van der Waals surface area contributed by atoms with Gasteiger partial charge in [0.15, 0.2) is 0 Å². The van der Waals surface area contributed by atoms with Gasteiger partial charge < -0.3 is 15.4 Å². The Bertz CT molecular complexity index is 587. The van der Waals surface area contributed by atoms with Gasteiger partial charge in [-0.2, -0.15) is 0 Å². The summed E-state index contributed by atoms with van der Waals surface area (Å²) in [5.74, 6) is 1.03. The topological polar surface area (TPSA) is 38.5 Å². The lowest BCUT2D eigenvalue weighted by Crippen LogP contribution is -2.35. The number of hydrogen-bond acceptors (Lipinski definition) is 3. The van der Waals surface area contributed by atoms with Crippen LogP contribution in [0.5, 0.6) is 5.75 Å². The predicted octanol–water partition coefficient (Wildman–Crippen LogP) is 3.49. The summed E-state index contributed by atoms with van der Waals surface area (Å²) >= 11 is 0. The third-order valence-electron chi connectivity index (χ3n) is 3.87. The van der Waals surface area contributed by atoms with Crippen molar-refractivity contribution in [3.05, 3.63) is 54.1 Å². The molecule has 3 heteroatoms. The van der Waals surface area contributed by atoms with E-state index in [9.17, 15) is 0 Å². The lowest BCUT2D eigenvalue weighted by molar-refractivity contribution is 0.237. The second-order valence-corrected chi connectivity index (χ2v) is 5.59. The smallest absolute Gasteiger partial charge is 0.123 e. The highest BCUT2D eigenvalue weighted by Gasteiger charge is 2.24. The molecule has 0 saturated heterocycles. The van der Waals surface area contributed by atoms with E-state index in [4.69, 9.17) is 10.5 Å². The van der Waals surface area contributed by atoms with Gasteiger partial charge in [-0.25, -0.2) is 0 Å². The molecule has 3 nitrogen and oxygen atoms in total. The van der Waals surface area contributed by atoms with E-state index in [1.54, 1.807) is 0 Å². The van der Waals surface area contributed by atoms with Crippen molar-refractivity contribution < 1.29 is 4.74 Å². The summed E-state index contributed by atoms with van der Waals surface area (Å²) in [4.78, 5) is 2.37. The maximum absolute atomic E-state index is 6.06. The van der Waals surface area contributed by atoms with Crippen molar-refractivity contribution in [2.45, 2.75) is 25.9 Å². The molecule has 0 fully saturated rings. The number of fused-ring (bicyclic) bond motifs is 1. The van der Waals surface area contributed by atoms with E-state index in [0.29, 0.717) is 0 Å². The van der Waals surface area contributed by atoms with Crippen LogP contribution in [0.4, 0.5) is 11.4 Å². The molecule has 0 amide bonds. The molecule has 1 aliphatic rings. The Morgan fingerprint density at radius 2 is 2.05 bits per heavy atom. The minimum Gasteiger partial charge on any atom is -0.488 e. The molecule has 21 heavy (non-hydrogen) atoms. The summed E-state index contributed by atoms with van der Waals surface area (Å²) in [6.45, 7) is 4.11. The first kappa shape index (κ1) is 13.8. The standard InChI is InChI=1S/C18H22N2O/c1-2-10-20(16-8-5-7-15(19)12-16)13-17-11-14-6-3-4-9-18(14)21-17/h3-9,12,17H,2,10-11,13,19H2,1H3. The van der Waals surface area contributed by atoms with Gasteiger partial charge in [-0.3, -0.25) is 0 Å². The fraction of sp³-hybridized carbons (Fsp3) is 0.333. The third kappa shape index (κ3) is 3.13. The van der Waals surface area contributed by atoms with Gasteiger partial charge in [-0.15, -0.1) is 0 Å². The van der Waals surface area contributed by atoms with Gasteiger partial charge in [0.05, 0.1) is 6.54 Å². The molecule has 1 atom stereocenters. The van der Waals surface area contributed by atoms with Crippen LogP contribution in [-0.2, 0) is 6.42 Å². The molecule has 0 aliphatic carbocycles. The molecule has 1 unspecified atom stereocenters. The average Bonchev–Trinajstić information content (AvgIpc) is 2.89. The van der Waals surface area contributed by atoms with Crippen molar-refractivity contribution >= 4 is 11.4 Å². The van der Waals surface area contributed by atoms with Gasteiger partial charge >= 0.3 is 0 Å². The average molecular weight is 282 g/mol. The van der Waals surface area contributed by atoms with E-state index < -0.39 is 0 Å². The van der Waals surface area contributed by atoms with Crippen molar-refractivity contribution in [3.63, 3.8) is 0 Å². The van der Waals surface area contributed by atoms with Crippen LogP contribution in [0.25, 0.3) is 0 Å². The lowest BCUT2D eigenvalue weighted by Gasteiger charge is -2.27. The molecule has 2 aromatic carbocycles. The van der Waals surface area contributed by atoms with E-state index >= 15 is 0 Å². The van der Waals surface area contributed by atoms with E-state index in [-0.39, 0.29) is 6.10 Å². The fourth-order valence-corrected chi connectivity index (χ4v) is 2.92. The fourth-order valence-electron chi connectivity index (χ4n) is 2.92. The molecule has 2 aromatic rings. The summed E-state index contributed by atoms with van der Waals surface area (Å²) < 4.78 is 6.06. The molecule has 0 saturated carbocycles. The summed E-state index contributed by atoms with van der Waals surface area (Å²) in [5, 5.41) is 0. The highest BCUT2D eigenvalue weighted by atomic mass is 16.5. The van der Waals surface area contributed by atoms with E-state index in [2.05, 4.69) is 36.1 Å². The monoisotopic (exact) mass is 282 g/mol. The van der Waals surface area contributed by atoms with Crippen LogP contribution in [0.3, 0.4) is 0 Å². The molecular formula is C18H22N2O. The summed E-state index contributed by atoms with van der Waals surface area (Å²) in [6.07, 6.45) is 2.31. The van der Waals surface area contributed by atoms with Crippen LogP contribution in [0, 0.1) is 0 Å². The normalized spacial score (nSPS) is 16.3. The second kappa shape index (κ2) is 6.08. The summed E-state index contributed by atoms with van der Waals surface area (Å²) in [6, 6.07) is 16.4. The van der Waals surface area contributed by atoms with Crippen LogP contribution in [0.2, 0.25) is 0 Å². The Kier molecular flexibility index (Phi) is 4.00. The van der Waals surface area contributed by atoms with Gasteiger partial charge in [0, 0.05) is 24.3 Å². The van der Waals surface area contributed by atoms with Crippen molar-refractivity contribution in [1.29, 1.82) is 0 Å². The first-order chi connectivity index (χ1) is 10.3. The Morgan fingerprint density at radius 3 is 2.81 bits per heavy atom. The molecule has 0 spiro atoms. The number of rotatable bonds is 5. The highest BCUT2D eigenvalue weighted by molar-refractivity contribution is 5.56. The first-order valence-electron chi connectivity index (χ1n) is 7.61. The number of ether oxygens (including phenoxy) is 1. The van der Waals surface area contributed by atoms with Gasteiger partial charge in [-0.05, 0) is 36.2 Å². The molecule has 0 bridgehead atoms. The minimum atomic E-state index is 0.218. The number of benzene rings is 2. The molecule has 0 aromatic heterocycles. The molecule has 1 heterocycles. The first-order valence-corrected chi connectivity index (χ1v) is 7.61. The van der Waals surface area contributed by atoms with Crippen LogP contribution in [-0.4, -0.2) is 19.2 Å². The zero-order chi connectivity index (χ0) is 14.7. The number of nitrogens with two attached hydrogens (primary N) is 1. The Balaban J connectivity index is 1.72. The number of para-hydroxylation sites is 1. The van der Waals surface area contributed by atoms with Crippen LogP contribution < -0.4 is 15.4 Å². The van der Waals surface area contributed by atoms with Gasteiger partial charge in [0.25, 0.3) is 0 Å². The molecule has 1 aliphatic heterocycles. The maximum atomic E-state index is 6.06. The van der Waals surface area contributed by atoms with Crippen molar-refractivity contribution in [1.82, 2.24) is 0 Å². The quantitative estimate of drug-likeness (QED) is 0.853. The molecule has 3 rings (SSSR count). The molecule has 2 N–H and O–H groups in total. The maximum Gasteiger partial charge on any atom is 0.123 e. The van der Waals surface area contributed by atoms with Crippen molar-refractivity contribution in [2.24, 2.45) is 0 Å². The largest absolute Gasteiger partial charge is 0.488 e. The zero-order valence-corrected chi connectivity index (χ0v) is 12.5. The van der Waals surface area contributed by atoms with Crippen molar-refractivity contribution in [3.8, 4) is 5.75 Å². The van der Waals surface area contributed by atoms with Gasteiger partial charge in [-0.1, -0.05) is 31.2 Å². The number of hydrogen-bond donors (Lipinski definition) is 1. The summed E-state index contributed by atoms with van der Waals surface area (Å²) in [7, 11) is 0. The summed E-state index contributed by atoms with van der Waals surface area (Å²) in [5.41, 5.74) is 9.21. The van der Waals surface area contributed by atoms with Crippen molar-refractivity contribution in [2.75, 3.05) is 23.7 Å². The van der Waals surface area contributed by atoms with Gasteiger partial charge in [0.1, 0.15) is 11.9 Å². The molecule has 0 radical (unpaired) electrons. The Morgan fingerprint density at radius 1 is 1.19 bits per heavy atom. The zero-order valence-electron chi connectivity index (χ0n) is 12.5. The van der Waals surface area contributed by atoms with E-state index in [0.717, 1.165) is 37.4 Å². The van der Waals surface area contributed by atoms with Crippen LogP contribution in [0.1, 0.15) is 18.9 Å². The van der Waals surface area contributed by atoms with Crippen LogP contribution in [0.15, 0.2) is 48.5 Å². The van der Waals surface area contributed by atoms with E-state index in [1.165, 1.54) is 11.3 Å². The Labute approximate surface area is 126 Å². The van der Waals surface area contributed by atoms with Crippen LogP contribution >= 0.6 is 0 Å². The predicted molar refractivity (Wildman–Crippen MR) is 87.9 cm³/mol. The molecular weight excluding hydrogens is 260 g/mol. The lowest BCUT2D eigenvalue weighted by atomic mass is 10.1. The van der Waals surface area contributed by atoms with Gasteiger partial charge in [0.2, 0.25) is 0 Å². The number of nitrogens with zero attached hydrogens (tertiary/aromatic N) is 1. The SMILES string of the molecule is CCCN(CC1Cc2ccccc2O1)c1cccc(N)c1. The third-order valence-corrected chi connectivity index (χ3v) is 3.87.